The first kappa shape index (κ1) is 13.9. The fraction of sp³-hybridized carbons (Fsp3) is 0.533. The van der Waals surface area contributed by atoms with E-state index in [9.17, 15) is 15.0 Å². The molecular weight excluding hydrogens is 242 g/mol. The molecular formula is C15H21NO3. The second kappa shape index (κ2) is 5.61. The van der Waals surface area contributed by atoms with Crippen LogP contribution in [0.25, 0.3) is 0 Å². The molecule has 0 bridgehead atoms. The number of benzene rings is 1. The fourth-order valence-electron chi connectivity index (χ4n) is 2.59. The third kappa shape index (κ3) is 3.26. The first-order chi connectivity index (χ1) is 9.04. The van der Waals surface area contributed by atoms with Gasteiger partial charge in [0.1, 0.15) is 5.75 Å². The number of rotatable bonds is 5. The van der Waals surface area contributed by atoms with Crippen molar-refractivity contribution in [1.29, 1.82) is 0 Å². The molecule has 1 saturated heterocycles. The number of aliphatic hydroxyl groups is 1. The van der Waals surface area contributed by atoms with E-state index in [1.807, 2.05) is 19.1 Å². The van der Waals surface area contributed by atoms with E-state index in [2.05, 4.69) is 0 Å². The zero-order valence-corrected chi connectivity index (χ0v) is 11.3. The van der Waals surface area contributed by atoms with Gasteiger partial charge in [0.25, 0.3) is 0 Å². The van der Waals surface area contributed by atoms with Gasteiger partial charge in [-0.2, -0.15) is 0 Å². The third-order valence-electron chi connectivity index (χ3n) is 3.64. The van der Waals surface area contributed by atoms with Gasteiger partial charge in [-0.1, -0.05) is 31.5 Å². The molecule has 0 aliphatic carbocycles. The van der Waals surface area contributed by atoms with Crippen LogP contribution in [0, 0.1) is 0 Å². The van der Waals surface area contributed by atoms with Crippen LogP contribution in [0.1, 0.15) is 31.7 Å². The summed E-state index contributed by atoms with van der Waals surface area (Å²) in [5.41, 5.74) is 0.124. The Hall–Kier alpha value is -1.55. The van der Waals surface area contributed by atoms with E-state index >= 15 is 0 Å². The minimum atomic E-state index is -0.667. The minimum absolute atomic E-state index is 0.0454. The molecule has 4 heteroatoms. The Morgan fingerprint density at radius 1 is 1.37 bits per heavy atom. The highest BCUT2D eigenvalue weighted by Crippen LogP contribution is 2.27. The maximum Gasteiger partial charge on any atom is 0.223 e. The standard InChI is InChI=1S/C15H21NO3/c1-2-9-15(19)10-16(11-15)14(18)8-7-12-5-3-4-6-13(12)17/h3-6,17,19H,2,7-11H2,1H3. The van der Waals surface area contributed by atoms with Gasteiger partial charge in [-0.15, -0.1) is 0 Å². The van der Waals surface area contributed by atoms with Crippen molar-refractivity contribution in [2.45, 2.75) is 38.2 Å². The first-order valence-electron chi connectivity index (χ1n) is 6.81. The molecule has 0 spiro atoms. The number of carbonyl (C=O) groups is 1. The van der Waals surface area contributed by atoms with E-state index in [1.165, 1.54) is 0 Å². The van der Waals surface area contributed by atoms with Crippen LogP contribution in [0.15, 0.2) is 24.3 Å². The molecule has 1 fully saturated rings. The van der Waals surface area contributed by atoms with Gasteiger partial charge in [-0.25, -0.2) is 0 Å². The zero-order valence-electron chi connectivity index (χ0n) is 11.3. The summed E-state index contributed by atoms with van der Waals surface area (Å²) in [5.74, 6) is 0.283. The van der Waals surface area contributed by atoms with E-state index in [1.54, 1.807) is 17.0 Å². The number of amides is 1. The number of β-amino-alcohol motifs (C(OH)–C–C–N with tert-alkyl or cyclic N) is 1. The predicted octanol–water partition coefficient (Wildman–Crippen LogP) is 1.70. The summed E-state index contributed by atoms with van der Waals surface area (Å²) in [6.45, 7) is 2.92. The van der Waals surface area contributed by atoms with E-state index in [0.29, 0.717) is 25.9 Å². The van der Waals surface area contributed by atoms with E-state index < -0.39 is 5.60 Å². The fourth-order valence-corrected chi connectivity index (χ4v) is 2.59. The van der Waals surface area contributed by atoms with Crippen LogP contribution in [0.3, 0.4) is 0 Å². The van der Waals surface area contributed by atoms with Gasteiger partial charge in [0.05, 0.1) is 18.7 Å². The van der Waals surface area contributed by atoms with E-state index in [0.717, 1.165) is 18.4 Å². The number of hydrogen-bond acceptors (Lipinski definition) is 3. The summed E-state index contributed by atoms with van der Waals surface area (Å²) < 4.78 is 0. The summed E-state index contributed by atoms with van der Waals surface area (Å²) in [6, 6.07) is 7.07. The lowest BCUT2D eigenvalue weighted by molar-refractivity contribution is -0.156. The topological polar surface area (TPSA) is 60.8 Å². The number of likely N-dealkylation sites (tertiary alicyclic amines) is 1. The number of carbonyl (C=O) groups excluding carboxylic acids is 1. The molecule has 1 amide bonds. The molecule has 0 atom stereocenters. The number of phenolic OH excluding ortho intramolecular Hbond substituents is 1. The highest BCUT2D eigenvalue weighted by Gasteiger charge is 2.42. The van der Waals surface area contributed by atoms with E-state index in [4.69, 9.17) is 0 Å². The van der Waals surface area contributed by atoms with Crippen molar-refractivity contribution in [1.82, 2.24) is 4.90 Å². The summed E-state index contributed by atoms with van der Waals surface area (Å²) in [5, 5.41) is 19.6. The molecule has 19 heavy (non-hydrogen) atoms. The van der Waals surface area contributed by atoms with Gasteiger partial charge in [0.15, 0.2) is 0 Å². The molecule has 1 aliphatic rings. The maximum atomic E-state index is 11.9. The summed E-state index contributed by atoms with van der Waals surface area (Å²) in [4.78, 5) is 13.6. The quantitative estimate of drug-likeness (QED) is 0.850. The Kier molecular flexibility index (Phi) is 4.10. The molecule has 104 valence electrons. The van der Waals surface area contributed by atoms with Crippen LogP contribution in [-0.2, 0) is 11.2 Å². The van der Waals surface area contributed by atoms with Crippen molar-refractivity contribution < 1.29 is 15.0 Å². The second-order valence-electron chi connectivity index (χ2n) is 5.35. The number of phenols is 1. The van der Waals surface area contributed by atoms with Crippen LogP contribution >= 0.6 is 0 Å². The van der Waals surface area contributed by atoms with Crippen LogP contribution in [0.2, 0.25) is 0 Å². The largest absolute Gasteiger partial charge is 0.508 e. The van der Waals surface area contributed by atoms with Crippen LogP contribution in [0.4, 0.5) is 0 Å². The average Bonchev–Trinajstić information content (AvgIpc) is 2.35. The molecule has 0 aromatic heterocycles. The highest BCUT2D eigenvalue weighted by atomic mass is 16.3. The smallest absolute Gasteiger partial charge is 0.223 e. The van der Waals surface area contributed by atoms with Crippen molar-refractivity contribution in [2.24, 2.45) is 0 Å². The molecule has 1 aliphatic heterocycles. The summed E-state index contributed by atoms with van der Waals surface area (Å²) >= 11 is 0. The maximum absolute atomic E-state index is 11.9. The van der Waals surface area contributed by atoms with Crippen molar-refractivity contribution in [3.63, 3.8) is 0 Å². The predicted molar refractivity (Wildman–Crippen MR) is 72.9 cm³/mol. The van der Waals surface area contributed by atoms with Gasteiger partial charge < -0.3 is 15.1 Å². The molecule has 2 rings (SSSR count). The van der Waals surface area contributed by atoms with Gasteiger partial charge in [-0.3, -0.25) is 4.79 Å². The number of aromatic hydroxyl groups is 1. The number of para-hydroxylation sites is 1. The minimum Gasteiger partial charge on any atom is -0.508 e. The van der Waals surface area contributed by atoms with Gasteiger partial charge in [-0.05, 0) is 24.5 Å². The molecule has 2 N–H and O–H groups in total. The van der Waals surface area contributed by atoms with Gasteiger partial charge in [0, 0.05) is 6.42 Å². The number of aryl methyl sites for hydroxylation is 1. The van der Waals surface area contributed by atoms with Crippen LogP contribution in [-0.4, -0.2) is 39.7 Å². The van der Waals surface area contributed by atoms with Crippen LogP contribution in [0.5, 0.6) is 5.75 Å². The Bertz CT molecular complexity index is 452. The average molecular weight is 263 g/mol. The second-order valence-corrected chi connectivity index (χ2v) is 5.35. The molecule has 0 radical (unpaired) electrons. The Balaban J connectivity index is 1.79. The summed E-state index contributed by atoms with van der Waals surface area (Å²) in [6.07, 6.45) is 2.58. The molecule has 4 nitrogen and oxygen atoms in total. The van der Waals surface area contributed by atoms with Crippen molar-refractivity contribution >= 4 is 5.91 Å². The van der Waals surface area contributed by atoms with Crippen molar-refractivity contribution in [3.8, 4) is 5.75 Å². The first-order valence-corrected chi connectivity index (χ1v) is 6.81. The monoisotopic (exact) mass is 263 g/mol. The molecule has 1 aromatic carbocycles. The van der Waals surface area contributed by atoms with Gasteiger partial charge >= 0.3 is 0 Å². The van der Waals surface area contributed by atoms with Crippen molar-refractivity contribution in [3.05, 3.63) is 29.8 Å². The van der Waals surface area contributed by atoms with E-state index in [-0.39, 0.29) is 11.7 Å². The number of hydrogen-bond donors (Lipinski definition) is 2. The molecule has 0 unspecified atom stereocenters. The Labute approximate surface area is 113 Å². The van der Waals surface area contributed by atoms with Gasteiger partial charge in [0.2, 0.25) is 5.91 Å². The highest BCUT2D eigenvalue weighted by molar-refractivity contribution is 5.77. The Morgan fingerprint density at radius 2 is 2.05 bits per heavy atom. The summed E-state index contributed by atoms with van der Waals surface area (Å²) in [7, 11) is 0. The molecule has 1 aromatic rings. The number of nitrogens with zero attached hydrogens (tertiary/aromatic N) is 1. The Morgan fingerprint density at radius 3 is 2.68 bits per heavy atom. The molecule has 0 saturated carbocycles. The van der Waals surface area contributed by atoms with Crippen LogP contribution < -0.4 is 0 Å². The van der Waals surface area contributed by atoms with Crippen molar-refractivity contribution in [2.75, 3.05) is 13.1 Å². The lowest BCUT2D eigenvalue weighted by atomic mass is 9.89. The SMILES string of the molecule is CCCC1(O)CN(C(=O)CCc2ccccc2O)C1. The molecule has 1 heterocycles. The zero-order chi connectivity index (χ0) is 13.9. The third-order valence-corrected chi connectivity index (χ3v) is 3.64. The normalized spacial score (nSPS) is 17.1. The lowest BCUT2D eigenvalue weighted by Crippen LogP contribution is -2.63. The lowest BCUT2D eigenvalue weighted by Gasteiger charge is -2.46.